The zero-order valence-corrected chi connectivity index (χ0v) is 17.6. The Morgan fingerprint density at radius 1 is 0.968 bits per heavy atom. The van der Waals surface area contributed by atoms with Gasteiger partial charge in [-0.2, -0.15) is 0 Å². The van der Waals surface area contributed by atoms with Crippen LogP contribution in [0.1, 0.15) is 28.6 Å². The number of nitrogens with zero attached hydrogens (tertiary/aromatic N) is 2. The minimum Gasteiger partial charge on any atom is -0.418 e. The monoisotopic (exact) mass is 432 g/mol. The minimum absolute atomic E-state index is 0.293. The molecule has 6 nitrogen and oxygen atoms in total. The van der Waals surface area contributed by atoms with E-state index in [1.165, 1.54) is 5.56 Å². The van der Waals surface area contributed by atoms with Gasteiger partial charge in [-0.3, -0.25) is 0 Å². The number of benzene rings is 3. The van der Waals surface area contributed by atoms with Crippen molar-refractivity contribution in [2.75, 3.05) is 0 Å². The summed E-state index contributed by atoms with van der Waals surface area (Å²) in [7, 11) is 0. The van der Waals surface area contributed by atoms with E-state index in [0.29, 0.717) is 23.3 Å². The van der Waals surface area contributed by atoms with E-state index in [1.807, 2.05) is 61.5 Å². The lowest BCUT2D eigenvalue weighted by atomic mass is 10.1. The summed E-state index contributed by atoms with van der Waals surface area (Å²) in [6.45, 7) is 2.44. The topological polar surface area (TPSA) is 80.0 Å². The highest BCUT2D eigenvalue weighted by Crippen LogP contribution is 2.25. The van der Waals surface area contributed by atoms with Crippen molar-refractivity contribution in [1.29, 1.82) is 0 Å². The van der Waals surface area contributed by atoms with Gasteiger partial charge in [0.15, 0.2) is 0 Å². The van der Waals surface area contributed by atoms with Gasteiger partial charge in [-0.1, -0.05) is 71.8 Å². The normalized spacial score (nSPS) is 11.7. The Bertz CT molecular complexity index is 1140. The van der Waals surface area contributed by atoms with Gasteiger partial charge in [0.1, 0.15) is 6.04 Å². The molecule has 1 heterocycles. The second kappa shape index (κ2) is 9.45. The molecule has 0 saturated heterocycles. The van der Waals surface area contributed by atoms with Gasteiger partial charge in [0.2, 0.25) is 11.8 Å². The molecule has 0 saturated carbocycles. The quantitative estimate of drug-likeness (QED) is 0.434. The first-order chi connectivity index (χ1) is 15.1. The Morgan fingerprint density at radius 2 is 1.68 bits per heavy atom. The predicted molar refractivity (Wildman–Crippen MR) is 120 cm³/mol. The van der Waals surface area contributed by atoms with E-state index in [0.717, 1.165) is 16.7 Å². The molecular formula is C24H21ClN4O2. The second-order valence-electron chi connectivity index (χ2n) is 7.11. The van der Waals surface area contributed by atoms with Gasteiger partial charge in [-0.15, -0.1) is 10.2 Å². The fourth-order valence-corrected chi connectivity index (χ4v) is 3.19. The van der Waals surface area contributed by atoms with Crippen LogP contribution in [0.2, 0.25) is 5.02 Å². The fourth-order valence-electron chi connectivity index (χ4n) is 3.06. The van der Waals surface area contributed by atoms with Crippen LogP contribution in [-0.4, -0.2) is 16.2 Å². The minimum atomic E-state index is -0.590. The zero-order chi connectivity index (χ0) is 21.6. The number of aryl methyl sites for hydroxylation is 1. The number of carbonyl (C=O) groups excluding carboxylic acids is 1. The van der Waals surface area contributed by atoms with E-state index in [1.54, 1.807) is 24.3 Å². The van der Waals surface area contributed by atoms with Crippen LogP contribution < -0.4 is 10.6 Å². The Kier molecular flexibility index (Phi) is 6.29. The molecular weight excluding hydrogens is 412 g/mol. The first kappa shape index (κ1) is 20.6. The summed E-state index contributed by atoms with van der Waals surface area (Å²) in [5.41, 5.74) is 3.77. The number of hydrogen-bond acceptors (Lipinski definition) is 4. The molecule has 156 valence electrons. The lowest BCUT2D eigenvalue weighted by Gasteiger charge is -2.16. The second-order valence-corrected chi connectivity index (χ2v) is 7.55. The molecule has 2 amide bonds. The molecule has 1 atom stereocenters. The first-order valence-corrected chi connectivity index (χ1v) is 10.2. The Labute approximate surface area is 185 Å². The van der Waals surface area contributed by atoms with Gasteiger partial charge in [0, 0.05) is 17.1 Å². The Balaban J connectivity index is 1.52. The molecule has 0 spiro atoms. The molecule has 1 aromatic heterocycles. The summed E-state index contributed by atoms with van der Waals surface area (Å²) in [6.07, 6.45) is 0. The van der Waals surface area contributed by atoms with Crippen molar-refractivity contribution in [3.63, 3.8) is 0 Å². The molecule has 4 rings (SSSR count). The average molecular weight is 433 g/mol. The standard InChI is InChI=1S/C24H21ClN4O2/c1-16-7-9-17(10-8-16)15-26-24(30)27-21(18-5-3-2-4-6-18)23-29-28-22(31-23)19-11-13-20(25)14-12-19/h2-14,21H,15H2,1H3,(H2,26,27,30). The van der Waals surface area contributed by atoms with Crippen molar-refractivity contribution in [3.8, 4) is 11.5 Å². The number of nitrogens with one attached hydrogen (secondary N) is 2. The van der Waals surface area contributed by atoms with Crippen molar-refractivity contribution in [2.24, 2.45) is 0 Å². The van der Waals surface area contributed by atoms with Crippen molar-refractivity contribution in [3.05, 3.63) is 106 Å². The molecule has 1 unspecified atom stereocenters. The van der Waals surface area contributed by atoms with Crippen LogP contribution in [0.4, 0.5) is 4.79 Å². The van der Waals surface area contributed by atoms with Crippen LogP contribution >= 0.6 is 11.6 Å². The number of rotatable bonds is 6. The van der Waals surface area contributed by atoms with E-state index in [9.17, 15) is 4.79 Å². The maximum absolute atomic E-state index is 12.6. The lowest BCUT2D eigenvalue weighted by Crippen LogP contribution is -2.38. The molecule has 0 aliphatic heterocycles. The smallest absolute Gasteiger partial charge is 0.315 e. The lowest BCUT2D eigenvalue weighted by molar-refractivity contribution is 0.236. The maximum atomic E-state index is 12.6. The summed E-state index contributed by atoms with van der Waals surface area (Å²) in [6, 6.07) is 23.7. The molecule has 0 aliphatic rings. The van der Waals surface area contributed by atoms with Crippen LogP contribution in [0, 0.1) is 6.92 Å². The fraction of sp³-hybridized carbons (Fsp3) is 0.125. The number of aromatic nitrogens is 2. The highest BCUT2D eigenvalue weighted by Gasteiger charge is 2.23. The van der Waals surface area contributed by atoms with Gasteiger partial charge < -0.3 is 15.1 Å². The van der Waals surface area contributed by atoms with Crippen LogP contribution in [0.5, 0.6) is 0 Å². The van der Waals surface area contributed by atoms with E-state index in [2.05, 4.69) is 20.8 Å². The van der Waals surface area contributed by atoms with E-state index in [4.69, 9.17) is 16.0 Å². The largest absolute Gasteiger partial charge is 0.418 e. The molecule has 0 fully saturated rings. The van der Waals surface area contributed by atoms with Crippen LogP contribution in [0.15, 0.2) is 83.3 Å². The van der Waals surface area contributed by atoms with E-state index >= 15 is 0 Å². The molecule has 3 aromatic carbocycles. The molecule has 0 aliphatic carbocycles. The van der Waals surface area contributed by atoms with Crippen LogP contribution in [-0.2, 0) is 6.54 Å². The Morgan fingerprint density at radius 3 is 2.39 bits per heavy atom. The van der Waals surface area contributed by atoms with Crippen LogP contribution in [0.3, 0.4) is 0 Å². The number of carbonyl (C=O) groups is 1. The number of amides is 2. The highest BCUT2D eigenvalue weighted by molar-refractivity contribution is 6.30. The van der Waals surface area contributed by atoms with Crippen molar-refractivity contribution in [1.82, 2.24) is 20.8 Å². The third-order valence-corrected chi connectivity index (χ3v) is 5.01. The van der Waals surface area contributed by atoms with Gasteiger partial charge in [-0.25, -0.2) is 4.79 Å². The number of halogens is 1. The average Bonchev–Trinajstić information content (AvgIpc) is 3.28. The summed E-state index contributed by atoms with van der Waals surface area (Å²) in [4.78, 5) is 12.6. The molecule has 4 aromatic rings. The molecule has 31 heavy (non-hydrogen) atoms. The summed E-state index contributed by atoms with van der Waals surface area (Å²) in [5, 5.41) is 14.8. The molecule has 0 radical (unpaired) electrons. The molecule has 7 heteroatoms. The third-order valence-electron chi connectivity index (χ3n) is 4.76. The van der Waals surface area contributed by atoms with Gasteiger partial charge in [0.05, 0.1) is 0 Å². The third kappa shape index (κ3) is 5.29. The predicted octanol–water partition coefficient (Wildman–Crippen LogP) is 5.29. The SMILES string of the molecule is Cc1ccc(CNC(=O)NC(c2ccccc2)c2nnc(-c3ccc(Cl)cc3)o2)cc1. The Hall–Kier alpha value is -3.64. The van der Waals surface area contributed by atoms with Gasteiger partial charge in [-0.05, 0) is 42.3 Å². The maximum Gasteiger partial charge on any atom is 0.315 e. The van der Waals surface area contributed by atoms with Crippen LogP contribution in [0.25, 0.3) is 11.5 Å². The molecule has 2 N–H and O–H groups in total. The van der Waals surface area contributed by atoms with E-state index < -0.39 is 6.04 Å². The summed E-state index contributed by atoms with van der Waals surface area (Å²) < 4.78 is 5.90. The van der Waals surface area contributed by atoms with Gasteiger partial charge >= 0.3 is 6.03 Å². The van der Waals surface area contributed by atoms with Crippen molar-refractivity contribution < 1.29 is 9.21 Å². The van der Waals surface area contributed by atoms with E-state index in [-0.39, 0.29) is 6.03 Å². The number of hydrogen-bond donors (Lipinski definition) is 2. The zero-order valence-electron chi connectivity index (χ0n) is 16.9. The van der Waals surface area contributed by atoms with Crippen molar-refractivity contribution in [2.45, 2.75) is 19.5 Å². The first-order valence-electron chi connectivity index (χ1n) is 9.83. The van der Waals surface area contributed by atoms with Gasteiger partial charge in [0.25, 0.3) is 0 Å². The summed E-state index contributed by atoms with van der Waals surface area (Å²) >= 11 is 5.95. The summed E-state index contributed by atoms with van der Waals surface area (Å²) in [5.74, 6) is 0.649. The highest BCUT2D eigenvalue weighted by atomic mass is 35.5. The van der Waals surface area contributed by atoms with Crippen molar-refractivity contribution >= 4 is 17.6 Å². The number of urea groups is 1. The molecule has 0 bridgehead atoms.